The zero-order valence-electron chi connectivity index (χ0n) is 5.24. The summed E-state index contributed by atoms with van der Waals surface area (Å²) in [6.07, 6.45) is 1.02. The second-order valence-corrected chi connectivity index (χ2v) is 1.41. The van der Waals surface area contributed by atoms with Crippen molar-refractivity contribution < 1.29 is 15.0 Å². The number of carboxylic acids is 1. The minimum atomic E-state index is -1.33. The van der Waals surface area contributed by atoms with Crippen LogP contribution in [0.25, 0.3) is 0 Å². The minimum absolute atomic E-state index is 0.491. The molecule has 4 heteroatoms. The largest absolute Gasteiger partial charge is 0.506 e. The quantitative estimate of drug-likeness (QED) is 0.449. The average Bonchev–Trinajstić information content (AvgIpc) is 1.81. The number of hydrogen-bond donors (Lipinski definition) is 2. The van der Waals surface area contributed by atoms with Gasteiger partial charge in [-0.1, -0.05) is 13.2 Å². The Labute approximate surface area is 57.8 Å². The molecule has 0 bridgehead atoms. The molecule has 0 saturated carbocycles. The molecule has 0 aliphatic carbocycles. The van der Waals surface area contributed by atoms with Crippen LogP contribution < -0.4 is 0 Å². The molecule has 0 heterocycles. The van der Waals surface area contributed by atoms with Gasteiger partial charge in [0.1, 0.15) is 5.76 Å². The van der Waals surface area contributed by atoms with E-state index < -0.39 is 17.4 Å². The normalized spacial score (nSPS) is 10.6. The second-order valence-electron chi connectivity index (χ2n) is 1.41. The average molecular weight is 141 g/mol. The van der Waals surface area contributed by atoms with E-state index in [4.69, 9.17) is 10.2 Å². The second kappa shape index (κ2) is 3.45. The Hall–Kier alpha value is -1.58. The number of aliphatic carboxylic acids is 1. The molecule has 0 amide bonds. The predicted octanol–water partition coefficient (Wildman–Crippen LogP) is 0.727. The molecule has 0 unspecified atom stereocenters. The van der Waals surface area contributed by atoms with E-state index in [1.165, 1.54) is 0 Å². The van der Waals surface area contributed by atoms with E-state index >= 15 is 0 Å². The first-order valence-corrected chi connectivity index (χ1v) is 2.39. The first kappa shape index (κ1) is 8.42. The maximum absolute atomic E-state index is 10.1. The van der Waals surface area contributed by atoms with Crippen molar-refractivity contribution in [2.75, 3.05) is 0 Å². The van der Waals surface area contributed by atoms with E-state index in [-0.39, 0.29) is 0 Å². The molecule has 0 radical (unpaired) electrons. The van der Waals surface area contributed by atoms with Crippen molar-refractivity contribution in [1.29, 1.82) is 0 Å². The summed E-state index contributed by atoms with van der Waals surface area (Å²) < 4.78 is 0. The van der Waals surface area contributed by atoms with Crippen LogP contribution in [0.5, 0.6) is 0 Å². The fraction of sp³-hybridized carbons (Fsp3) is 0. The number of carboxylic acid groups (broad SMARTS) is 1. The van der Waals surface area contributed by atoms with Crippen LogP contribution in [0.3, 0.4) is 0 Å². The Kier molecular flexibility index (Phi) is 2.90. The third-order valence-corrected chi connectivity index (χ3v) is 0.696. The highest BCUT2D eigenvalue weighted by Crippen LogP contribution is 1.90. The van der Waals surface area contributed by atoms with Crippen LogP contribution in [-0.4, -0.2) is 21.9 Å². The predicted molar refractivity (Wildman–Crippen MR) is 37.0 cm³/mol. The van der Waals surface area contributed by atoms with Gasteiger partial charge in [0.05, 0.1) is 0 Å². The Morgan fingerprint density at radius 2 is 2.00 bits per heavy atom. The zero-order chi connectivity index (χ0) is 8.15. The molecule has 4 nitrogen and oxygen atoms in total. The van der Waals surface area contributed by atoms with Crippen molar-refractivity contribution in [2.24, 2.45) is 4.99 Å². The van der Waals surface area contributed by atoms with Gasteiger partial charge in [-0.3, -0.25) is 0 Å². The molecule has 0 aliphatic heterocycles. The van der Waals surface area contributed by atoms with E-state index in [9.17, 15) is 4.79 Å². The zero-order valence-corrected chi connectivity index (χ0v) is 5.24. The Balaban J connectivity index is 4.58. The molecule has 0 aromatic heterocycles. The summed E-state index contributed by atoms with van der Waals surface area (Å²) in [7, 11) is 0. The molecule has 0 fully saturated rings. The van der Waals surface area contributed by atoms with E-state index in [2.05, 4.69) is 18.2 Å². The van der Waals surface area contributed by atoms with Crippen LogP contribution >= 0.6 is 0 Å². The third-order valence-electron chi connectivity index (χ3n) is 0.696. The summed E-state index contributed by atoms with van der Waals surface area (Å²) in [4.78, 5) is 13.4. The lowest BCUT2D eigenvalue weighted by atomic mass is 10.3. The summed E-state index contributed by atoms with van der Waals surface area (Å²) in [5.74, 6) is -1.90. The van der Waals surface area contributed by atoms with Gasteiger partial charge in [-0.2, -0.15) is 0 Å². The van der Waals surface area contributed by atoms with Gasteiger partial charge in [-0.15, -0.1) is 0 Å². The molecule has 0 atom stereocenters. The number of aliphatic hydroxyl groups is 1. The monoisotopic (exact) mass is 141 g/mol. The fourth-order valence-corrected chi connectivity index (χ4v) is 0.344. The van der Waals surface area contributed by atoms with Gasteiger partial charge in [-0.25, -0.2) is 9.79 Å². The highest BCUT2D eigenvalue weighted by molar-refractivity contribution is 6.41. The molecule has 0 rings (SSSR count). The number of carbonyl (C=O) groups is 1. The van der Waals surface area contributed by atoms with Crippen LogP contribution in [0.4, 0.5) is 0 Å². The number of hydrogen-bond acceptors (Lipinski definition) is 3. The maximum Gasteiger partial charge on any atom is 0.358 e. The van der Waals surface area contributed by atoms with Gasteiger partial charge in [0.2, 0.25) is 0 Å². The molecule has 0 saturated heterocycles. The Morgan fingerprint density at radius 1 is 1.50 bits per heavy atom. The van der Waals surface area contributed by atoms with Crippen LogP contribution in [0.15, 0.2) is 30.1 Å². The molecule has 0 aliphatic rings. The lowest BCUT2D eigenvalue weighted by molar-refractivity contribution is -0.129. The topological polar surface area (TPSA) is 69.9 Å². The summed E-state index contributed by atoms with van der Waals surface area (Å²) in [5, 5.41) is 16.8. The first-order chi connectivity index (χ1) is 4.59. The van der Waals surface area contributed by atoms with Crippen LogP contribution in [-0.2, 0) is 4.79 Å². The molecule has 0 aromatic rings. The van der Waals surface area contributed by atoms with Crippen LogP contribution in [0.1, 0.15) is 0 Å². The summed E-state index contributed by atoms with van der Waals surface area (Å²) in [6, 6.07) is 0. The summed E-state index contributed by atoms with van der Waals surface area (Å²) >= 11 is 0. The van der Waals surface area contributed by atoms with Gasteiger partial charge in [0, 0.05) is 6.20 Å². The molecule has 2 N–H and O–H groups in total. The lowest BCUT2D eigenvalue weighted by Crippen LogP contribution is -2.14. The fourth-order valence-electron chi connectivity index (χ4n) is 0.344. The van der Waals surface area contributed by atoms with E-state index in [1.807, 2.05) is 0 Å². The summed E-state index contributed by atoms with van der Waals surface area (Å²) in [6.45, 7) is 6.15. The van der Waals surface area contributed by atoms with E-state index in [0.717, 1.165) is 6.20 Å². The molecule has 54 valence electrons. The molecular weight excluding hydrogens is 134 g/mol. The van der Waals surface area contributed by atoms with Gasteiger partial charge < -0.3 is 10.2 Å². The highest BCUT2D eigenvalue weighted by atomic mass is 16.4. The smallest absolute Gasteiger partial charge is 0.358 e. The number of rotatable bonds is 3. The van der Waals surface area contributed by atoms with Crippen molar-refractivity contribution in [3.63, 3.8) is 0 Å². The van der Waals surface area contributed by atoms with E-state index in [0.29, 0.717) is 0 Å². The molecular formula is C6H7NO3. The number of nitrogens with zero attached hydrogens (tertiary/aromatic N) is 1. The lowest BCUT2D eigenvalue weighted by Gasteiger charge is -1.93. The number of aliphatic hydroxyl groups excluding tert-OH is 1. The van der Waals surface area contributed by atoms with Crippen molar-refractivity contribution in [3.8, 4) is 0 Å². The molecule has 0 aromatic carbocycles. The Bertz CT molecular complexity index is 189. The first-order valence-electron chi connectivity index (χ1n) is 2.39. The SMILES string of the molecule is C=CN=C(C(=C)O)C(=O)O. The van der Waals surface area contributed by atoms with Crippen molar-refractivity contribution >= 4 is 11.7 Å². The van der Waals surface area contributed by atoms with Gasteiger partial charge in [-0.05, 0) is 0 Å². The van der Waals surface area contributed by atoms with E-state index in [1.54, 1.807) is 0 Å². The van der Waals surface area contributed by atoms with Crippen molar-refractivity contribution in [1.82, 2.24) is 0 Å². The van der Waals surface area contributed by atoms with Crippen molar-refractivity contribution in [3.05, 3.63) is 25.1 Å². The standard InChI is InChI=1S/C6H7NO3/c1-3-7-5(4(2)8)6(9)10/h3,8H,1-2H2,(H,9,10). The van der Waals surface area contributed by atoms with Gasteiger partial charge in [0.15, 0.2) is 5.71 Å². The number of aliphatic imine (C=N–C) groups is 1. The highest BCUT2D eigenvalue weighted by Gasteiger charge is 2.10. The third kappa shape index (κ3) is 2.13. The minimum Gasteiger partial charge on any atom is -0.506 e. The Morgan fingerprint density at radius 3 is 2.10 bits per heavy atom. The van der Waals surface area contributed by atoms with Crippen LogP contribution in [0, 0.1) is 0 Å². The molecule has 10 heavy (non-hydrogen) atoms. The van der Waals surface area contributed by atoms with Gasteiger partial charge in [0.25, 0.3) is 0 Å². The van der Waals surface area contributed by atoms with Crippen LogP contribution in [0.2, 0.25) is 0 Å². The maximum atomic E-state index is 10.1. The van der Waals surface area contributed by atoms with Crippen molar-refractivity contribution in [2.45, 2.75) is 0 Å². The summed E-state index contributed by atoms with van der Waals surface area (Å²) in [5.41, 5.74) is -0.491. The van der Waals surface area contributed by atoms with Gasteiger partial charge >= 0.3 is 5.97 Å². The molecule has 0 spiro atoms.